The van der Waals surface area contributed by atoms with E-state index in [9.17, 15) is 8.42 Å². The van der Waals surface area contributed by atoms with E-state index in [4.69, 9.17) is 5.14 Å². The summed E-state index contributed by atoms with van der Waals surface area (Å²) in [6.07, 6.45) is 0. The number of hydrogen-bond donors (Lipinski definition) is 1. The molecule has 0 saturated carbocycles. The monoisotopic (exact) mass is 212 g/mol. The molecule has 0 aliphatic rings. The maximum absolute atomic E-state index is 11.2. The average molecular weight is 212 g/mol. The zero-order valence-electron chi connectivity index (χ0n) is 7.38. The first-order valence-electron chi connectivity index (χ1n) is 3.81. The molecular formula is C7H8N4O2S. The van der Waals surface area contributed by atoms with Crippen LogP contribution in [0.1, 0.15) is 0 Å². The van der Waals surface area contributed by atoms with E-state index < -0.39 is 10.0 Å². The number of primary sulfonamides is 1. The highest BCUT2D eigenvalue weighted by molar-refractivity contribution is 7.89. The molecule has 14 heavy (non-hydrogen) atoms. The van der Waals surface area contributed by atoms with E-state index >= 15 is 0 Å². The fraction of sp³-hybridized carbons (Fsp3) is 0.143. The van der Waals surface area contributed by atoms with Gasteiger partial charge in [0.05, 0.1) is 5.52 Å². The Hall–Kier alpha value is -1.47. The molecule has 1 heterocycles. The third-order valence-corrected chi connectivity index (χ3v) is 2.85. The molecule has 2 N–H and O–H groups in total. The zero-order valence-corrected chi connectivity index (χ0v) is 8.19. The highest BCUT2D eigenvalue weighted by atomic mass is 32.2. The Morgan fingerprint density at radius 3 is 2.79 bits per heavy atom. The first-order chi connectivity index (χ1) is 6.50. The predicted octanol–water partition coefficient (Wildman–Crippen LogP) is -0.384. The standard InChI is InChI=1S/C7H8N4O2S/c1-11-5-3-2-4-6(14(8,12)13)7(5)9-10-11/h2-4H,1H3,(H2,8,12,13). The lowest BCUT2D eigenvalue weighted by Crippen LogP contribution is -2.12. The molecule has 0 spiro atoms. The van der Waals surface area contributed by atoms with Gasteiger partial charge in [0.25, 0.3) is 0 Å². The SMILES string of the molecule is Cn1nnc2c(S(N)(=O)=O)cccc21. The molecule has 0 saturated heterocycles. The average Bonchev–Trinajstić information content (AvgIpc) is 2.46. The van der Waals surface area contributed by atoms with E-state index in [1.807, 2.05) is 0 Å². The molecule has 2 aromatic rings. The van der Waals surface area contributed by atoms with Crippen LogP contribution in [0, 0.1) is 0 Å². The normalized spacial score (nSPS) is 12.1. The number of sulfonamides is 1. The lowest BCUT2D eigenvalue weighted by atomic mass is 10.3. The highest BCUT2D eigenvalue weighted by Crippen LogP contribution is 2.18. The molecule has 0 bridgehead atoms. The van der Waals surface area contributed by atoms with Crippen molar-refractivity contribution in [3.05, 3.63) is 18.2 Å². The molecule has 1 aromatic heterocycles. The van der Waals surface area contributed by atoms with Crippen molar-refractivity contribution in [1.82, 2.24) is 15.0 Å². The van der Waals surface area contributed by atoms with Crippen LogP contribution < -0.4 is 5.14 Å². The molecule has 0 aliphatic heterocycles. The maximum Gasteiger partial charge on any atom is 0.240 e. The Kier molecular flexibility index (Phi) is 1.79. The van der Waals surface area contributed by atoms with Gasteiger partial charge in [-0.3, -0.25) is 0 Å². The van der Waals surface area contributed by atoms with Crippen LogP contribution in [0.3, 0.4) is 0 Å². The maximum atomic E-state index is 11.2. The molecule has 0 fully saturated rings. The van der Waals surface area contributed by atoms with E-state index in [0.29, 0.717) is 11.0 Å². The summed E-state index contributed by atoms with van der Waals surface area (Å²) in [5, 5.41) is 12.5. The minimum atomic E-state index is -3.73. The van der Waals surface area contributed by atoms with Gasteiger partial charge >= 0.3 is 0 Å². The number of nitrogens with two attached hydrogens (primary N) is 1. The van der Waals surface area contributed by atoms with E-state index in [1.54, 1.807) is 19.2 Å². The van der Waals surface area contributed by atoms with Crippen LogP contribution in [-0.2, 0) is 17.1 Å². The first kappa shape index (κ1) is 9.10. The van der Waals surface area contributed by atoms with Crippen molar-refractivity contribution in [2.24, 2.45) is 12.2 Å². The molecule has 74 valence electrons. The van der Waals surface area contributed by atoms with Gasteiger partial charge in [-0.1, -0.05) is 11.3 Å². The molecule has 0 radical (unpaired) electrons. The minimum absolute atomic E-state index is 0.00287. The van der Waals surface area contributed by atoms with Crippen LogP contribution in [0.25, 0.3) is 11.0 Å². The van der Waals surface area contributed by atoms with Gasteiger partial charge in [0.15, 0.2) is 0 Å². The topological polar surface area (TPSA) is 90.9 Å². The summed E-state index contributed by atoms with van der Waals surface area (Å²) >= 11 is 0. The zero-order chi connectivity index (χ0) is 10.3. The van der Waals surface area contributed by atoms with Gasteiger partial charge < -0.3 is 0 Å². The molecule has 0 amide bonds. The Morgan fingerprint density at radius 1 is 1.43 bits per heavy atom. The third-order valence-electron chi connectivity index (χ3n) is 1.91. The molecule has 0 aliphatic carbocycles. The summed E-state index contributed by atoms with van der Waals surface area (Å²) < 4.78 is 23.8. The lowest BCUT2D eigenvalue weighted by Gasteiger charge is -1.97. The van der Waals surface area contributed by atoms with Gasteiger partial charge in [0.1, 0.15) is 10.4 Å². The Bertz CT molecular complexity index is 587. The number of hydrogen-bond acceptors (Lipinski definition) is 4. The summed E-state index contributed by atoms with van der Waals surface area (Å²) in [5.41, 5.74) is 0.939. The van der Waals surface area contributed by atoms with Gasteiger partial charge in [-0.2, -0.15) is 0 Å². The third kappa shape index (κ3) is 1.26. The number of fused-ring (bicyclic) bond motifs is 1. The second kappa shape index (κ2) is 2.76. The summed E-state index contributed by atoms with van der Waals surface area (Å²) in [4.78, 5) is 0.00287. The largest absolute Gasteiger partial charge is 0.248 e. The van der Waals surface area contributed by atoms with Crippen LogP contribution >= 0.6 is 0 Å². The van der Waals surface area contributed by atoms with Crippen molar-refractivity contribution in [1.29, 1.82) is 0 Å². The van der Waals surface area contributed by atoms with Crippen molar-refractivity contribution < 1.29 is 8.42 Å². The molecule has 0 atom stereocenters. The molecule has 0 unspecified atom stereocenters. The van der Waals surface area contributed by atoms with Crippen molar-refractivity contribution in [2.45, 2.75) is 4.90 Å². The molecule has 1 aromatic carbocycles. The second-order valence-electron chi connectivity index (χ2n) is 2.88. The summed E-state index contributed by atoms with van der Waals surface area (Å²) in [5.74, 6) is 0. The van der Waals surface area contributed by atoms with E-state index in [2.05, 4.69) is 10.3 Å². The van der Waals surface area contributed by atoms with Crippen LogP contribution in [0.2, 0.25) is 0 Å². The summed E-state index contributed by atoms with van der Waals surface area (Å²) in [6.45, 7) is 0. The minimum Gasteiger partial charge on any atom is -0.248 e. The number of aromatic nitrogens is 3. The fourth-order valence-electron chi connectivity index (χ4n) is 1.26. The number of nitrogens with zero attached hydrogens (tertiary/aromatic N) is 3. The summed E-state index contributed by atoms with van der Waals surface area (Å²) in [6, 6.07) is 4.74. The Labute approximate surface area is 80.4 Å². The van der Waals surface area contributed by atoms with Crippen LogP contribution in [-0.4, -0.2) is 23.4 Å². The molecule has 6 nitrogen and oxygen atoms in total. The van der Waals surface area contributed by atoms with Gasteiger partial charge in [0, 0.05) is 7.05 Å². The molecule has 2 rings (SSSR count). The van der Waals surface area contributed by atoms with E-state index in [0.717, 1.165) is 0 Å². The van der Waals surface area contributed by atoms with E-state index in [-0.39, 0.29) is 4.90 Å². The second-order valence-corrected chi connectivity index (χ2v) is 4.41. The smallest absolute Gasteiger partial charge is 0.240 e. The Morgan fingerprint density at radius 2 is 2.14 bits per heavy atom. The van der Waals surface area contributed by atoms with Crippen molar-refractivity contribution in [3.63, 3.8) is 0 Å². The summed E-state index contributed by atoms with van der Waals surface area (Å²) in [7, 11) is -2.05. The highest BCUT2D eigenvalue weighted by Gasteiger charge is 2.15. The first-order valence-corrected chi connectivity index (χ1v) is 5.36. The fourth-order valence-corrected chi connectivity index (χ4v) is 1.95. The van der Waals surface area contributed by atoms with Crippen molar-refractivity contribution in [3.8, 4) is 0 Å². The molecule has 7 heteroatoms. The quantitative estimate of drug-likeness (QED) is 0.697. The van der Waals surface area contributed by atoms with Gasteiger partial charge in [-0.25, -0.2) is 18.2 Å². The predicted molar refractivity (Wildman–Crippen MR) is 49.9 cm³/mol. The number of rotatable bonds is 1. The van der Waals surface area contributed by atoms with Crippen LogP contribution in [0.5, 0.6) is 0 Å². The van der Waals surface area contributed by atoms with E-state index in [1.165, 1.54) is 10.7 Å². The van der Waals surface area contributed by atoms with Crippen molar-refractivity contribution >= 4 is 21.1 Å². The van der Waals surface area contributed by atoms with Gasteiger partial charge in [-0.15, -0.1) is 5.10 Å². The molecular weight excluding hydrogens is 204 g/mol. The van der Waals surface area contributed by atoms with Crippen molar-refractivity contribution in [2.75, 3.05) is 0 Å². The van der Waals surface area contributed by atoms with Crippen LogP contribution in [0.15, 0.2) is 23.1 Å². The number of aryl methyl sites for hydroxylation is 1. The number of benzene rings is 1. The lowest BCUT2D eigenvalue weighted by molar-refractivity contribution is 0.598. The Balaban J connectivity index is 2.92. The van der Waals surface area contributed by atoms with Crippen LogP contribution in [0.4, 0.5) is 0 Å². The van der Waals surface area contributed by atoms with Gasteiger partial charge in [-0.05, 0) is 12.1 Å². The van der Waals surface area contributed by atoms with Gasteiger partial charge in [0.2, 0.25) is 10.0 Å².